The molecule has 0 radical (unpaired) electrons. The molecule has 0 heterocycles. The molecule has 0 aromatic heterocycles. The summed E-state index contributed by atoms with van der Waals surface area (Å²) in [6.45, 7) is 24.9. The molecule has 0 N–H and O–H groups in total. The van der Waals surface area contributed by atoms with Crippen molar-refractivity contribution in [2.24, 2.45) is 11.3 Å². The molecule has 0 spiro atoms. The van der Waals surface area contributed by atoms with E-state index < -0.39 is 0 Å². The number of benzene rings is 2. The molecule has 0 fully saturated rings. The first-order valence-corrected chi connectivity index (χ1v) is 14.7. The van der Waals surface area contributed by atoms with Gasteiger partial charge in [0, 0.05) is 0 Å². The van der Waals surface area contributed by atoms with Crippen LogP contribution in [-0.2, 0) is 41.5 Å². The summed E-state index contributed by atoms with van der Waals surface area (Å²) in [6, 6.07) is 15.1. The third-order valence-electron chi connectivity index (χ3n) is 6.83. The molecular weight excluding hydrogens is 571 g/mol. The Morgan fingerprint density at radius 3 is 1.84 bits per heavy atom. The van der Waals surface area contributed by atoms with Gasteiger partial charge in [-0.25, -0.2) is 5.57 Å². The van der Waals surface area contributed by atoms with Gasteiger partial charge in [0.25, 0.3) is 0 Å². The van der Waals surface area contributed by atoms with Gasteiger partial charge in [-0.15, -0.1) is 5.56 Å². The van der Waals surface area contributed by atoms with Crippen molar-refractivity contribution in [2.75, 3.05) is 0 Å². The average molecular weight is 617 g/mol. The van der Waals surface area contributed by atoms with Crippen LogP contribution in [0.4, 0.5) is 0 Å². The number of fused-ring (bicyclic) bond motifs is 3. The number of halogens is 2. The predicted octanol–water partition coefficient (Wildman–Crippen LogP) is 3.37. The van der Waals surface area contributed by atoms with E-state index in [1.165, 1.54) is 68.8 Å². The van der Waals surface area contributed by atoms with Gasteiger partial charge in [0.15, 0.2) is 0 Å². The van der Waals surface area contributed by atoms with E-state index in [-0.39, 0.29) is 35.6 Å². The van der Waals surface area contributed by atoms with Crippen molar-refractivity contribution in [3.63, 3.8) is 0 Å². The van der Waals surface area contributed by atoms with Crippen molar-refractivity contribution >= 4 is 4.21 Å². The Balaban J connectivity index is 0.000000701. The first-order valence-electron chi connectivity index (χ1n) is 13.0. The molecule has 0 bridgehead atoms. The van der Waals surface area contributed by atoms with Crippen LogP contribution in [0.15, 0.2) is 47.6 Å². The topological polar surface area (TPSA) is 0 Å². The number of hydrogen-bond donors (Lipinski definition) is 0. The Morgan fingerprint density at radius 1 is 0.838 bits per heavy atom. The fourth-order valence-corrected chi connectivity index (χ4v) is 4.72. The fourth-order valence-electron chi connectivity index (χ4n) is 4.72. The molecule has 2 aromatic rings. The van der Waals surface area contributed by atoms with Crippen LogP contribution in [0.1, 0.15) is 105 Å². The number of rotatable bonds is 1. The minimum Gasteiger partial charge on any atom is -1.00 e. The van der Waals surface area contributed by atoms with E-state index >= 15 is 0 Å². The molecule has 1 atom stereocenters. The molecule has 0 aliphatic heterocycles. The van der Waals surface area contributed by atoms with E-state index in [2.05, 4.69) is 129 Å². The standard InChI is InChI=1S/C21H25.C12H19.CH2.2ClH.Zr/c1-20(2,3)16-9-7-14-11-15-8-10-17(21(4,5)6)13-19(15)18(14)12-16;1-6-10-7-9(2)8-11(10)12(3,4)5;;;;/h7,9-10,12-13H,11H2,1-6H3;8-9H,6H2,1-5H3;1H2;2*1H;/q2*-1;;;;+2/p-2. The second-order valence-corrected chi connectivity index (χ2v) is 12.9. The number of hydrogen-bond acceptors (Lipinski definition) is 0. The minimum atomic E-state index is 0. The van der Waals surface area contributed by atoms with Crippen molar-refractivity contribution in [3.05, 3.63) is 82.0 Å². The molecular formula is C34H46Cl2Zr-2. The van der Waals surface area contributed by atoms with Crippen LogP contribution in [0, 0.1) is 23.5 Å². The molecule has 1 unspecified atom stereocenters. The van der Waals surface area contributed by atoms with Crippen molar-refractivity contribution in [1.29, 1.82) is 0 Å². The summed E-state index contributed by atoms with van der Waals surface area (Å²) >= 11 is 1.30. The van der Waals surface area contributed by atoms with E-state index in [0.29, 0.717) is 11.3 Å². The second kappa shape index (κ2) is 14.1. The SMILES string of the molecule is CC(C)(C)c1c[c-]c2c(c1)-c1cc(C(C)(C)C)ccc1C2.CCC1=[C-]C(C)C=C1C(C)(C)C.[CH2]=[Zr+2].[Cl-].[Cl-]. The van der Waals surface area contributed by atoms with Crippen LogP contribution in [0.2, 0.25) is 0 Å². The zero-order valence-corrected chi connectivity index (χ0v) is 28.9. The van der Waals surface area contributed by atoms with Gasteiger partial charge in [-0.1, -0.05) is 129 Å². The average Bonchev–Trinajstić information content (AvgIpc) is 3.33. The molecule has 2 aliphatic rings. The summed E-state index contributed by atoms with van der Waals surface area (Å²) < 4.78 is 3.34. The maximum absolute atomic E-state index is 3.53. The summed E-state index contributed by atoms with van der Waals surface area (Å²) in [5, 5.41) is 0. The van der Waals surface area contributed by atoms with E-state index in [1.54, 1.807) is 0 Å². The maximum Gasteiger partial charge on any atom is -1.00 e. The quantitative estimate of drug-likeness (QED) is 0.368. The second-order valence-electron chi connectivity index (χ2n) is 12.9. The van der Waals surface area contributed by atoms with Gasteiger partial charge in [-0.3, -0.25) is 6.08 Å². The van der Waals surface area contributed by atoms with Crippen LogP contribution in [0.25, 0.3) is 11.1 Å². The van der Waals surface area contributed by atoms with Gasteiger partial charge >= 0.3 is 28.4 Å². The van der Waals surface area contributed by atoms with Crippen molar-refractivity contribution in [2.45, 2.75) is 99.8 Å². The smallest absolute Gasteiger partial charge is 1.00 e. The van der Waals surface area contributed by atoms with Gasteiger partial charge in [-0.2, -0.15) is 41.0 Å². The molecule has 2 aliphatic carbocycles. The Labute approximate surface area is 256 Å². The van der Waals surface area contributed by atoms with Gasteiger partial charge in [0.1, 0.15) is 0 Å². The Kier molecular flexibility index (Phi) is 13.8. The summed E-state index contributed by atoms with van der Waals surface area (Å²) in [4.78, 5) is 0. The first kappa shape index (κ1) is 36.3. The van der Waals surface area contributed by atoms with Crippen molar-refractivity contribution < 1.29 is 49.0 Å². The van der Waals surface area contributed by atoms with Crippen LogP contribution in [0.5, 0.6) is 0 Å². The van der Waals surface area contributed by atoms with E-state index in [0.717, 1.165) is 12.8 Å². The van der Waals surface area contributed by atoms with Gasteiger partial charge in [0.05, 0.1) is 0 Å². The molecule has 0 amide bonds. The Morgan fingerprint density at radius 2 is 1.38 bits per heavy atom. The van der Waals surface area contributed by atoms with Crippen molar-refractivity contribution in [3.8, 4) is 11.1 Å². The van der Waals surface area contributed by atoms with Gasteiger partial charge in [0.2, 0.25) is 0 Å². The third kappa shape index (κ3) is 9.16. The molecule has 0 nitrogen and oxygen atoms in total. The van der Waals surface area contributed by atoms with Gasteiger partial charge in [-0.05, 0) is 17.4 Å². The largest absolute Gasteiger partial charge is 1.00 e. The monoisotopic (exact) mass is 614 g/mol. The maximum atomic E-state index is 3.53. The Hall–Kier alpha value is -0.747. The summed E-state index contributed by atoms with van der Waals surface area (Å²) in [5.41, 5.74) is 12.0. The summed E-state index contributed by atoms with van der Waals surface area (Å²) in [6.07, 6.45) is 7.98. The Bertz CT molecular complexity index is 1040. The molecule has 2 aromatic carbocycles. The molecule has 202 valence electrons. The van der Waals surface area contributed by atoms with Crippen LogP contribution in [-0.4, -0.2) is 4.21 Å². The molecule has 0 saturated carbocycles. The van der Waals surface area contributed by atoms with Crippen LogP contribution in [0.3, 0.4) is 0 Å². The van der Waals surface area contributed by atoms with Crippen molar-refractivity contribution in [1.82, 2.24) is 0 Å². The zero-order valence-electron chi connectivity index (χ0n) is 24.9. The zero-order chi connectivity index (χ0) is 26.8. The van der Waals surface area contributed by atoms with Gasteiger partial charge < -0.3 is 24.8 Å². The van der Waals surface area contributed by atoms with Crippen LogP contribution < -0.4 is 24.8 Å². The molecule has 37 heavy (non-hydrogen) atoms. The molecule has 4 rings (SSSR count). The van der Waals surface area contributed by atoms with E-state index in [9.17, 15) is 0 Å². The molecule has 0 saturated heterocycles. The van der Waals surface area contributed by atoms with E-state index in [1.807, 2.05) is 0 Å². The fraction of sp³-hybridized carbons (Fsp3) is 0.500. The first-order chi connectivity index (χ1) is 16.1. The van der Waals surface area contributed by atoms with E-state index in [4.69, 9.17) is 0 Å². The third-order valence-corrected chi connectivity index (χ3v) is 6.83. The predicted molar refractivity (Wildman–Crippen MR) is 152 cm³/mol. The minimum absolute atomic E-state index is 0. The number of allylic oxidation sites excluding steroid dienone is 4. The summed E-state index contributed by atoms with van der Waals surface area (Å²) in [5.74, 6) is 0.522. The summed E-state index contributed by atoms with van der Waals surface area (Å²) in [7, 11) is 0. The normalized spacial score (nSPS) is 15.9. The molecule has 3 heteroatoms. The van der Waals surface area contributed by atoms with Crippen LogP contribution >= 0.6 is 0 Å².